The summed E-state index contributed by atoms with van der Waals surface area (Å²) in [6.45, 7) is 2.68. The highest BCUT2D eigenvalue weighted by atomic mass is 16.5. The van der Waals surface area contributed by atoms with Crippen molar-refractivity contribution in [2.45, 2.75) is 6.42 Å². The molecule has 1 amide bonds. The van der Waals surface area contributed by atoms with Gasteiger partial charge in [-0.2, -0.15) is 0 Å². The number of nitrogens with one attached hydrogen (secondary N) is 1. The second-order valence-corrected chi connectivity index (χ2v) is 2.98. The average Bonchev–Trinajstić information content (AvgIpc) is 2.31. The molecule has 0 unspecified atom stereocenters. The third-order valence-corrected chi connectivity index (χ3v) is 1.73. The summed E-state index contributed by atoms with van der Waals surface area (Å²) in [7, 11) is 1.60. The van der Waals surface area contributed by atoms with E-state index in [0.717, 1.165) is 0 Å². The van der Waals surface area contributed by atoms with E-state index in [4.69, 9.17) is 19.3 Å². The number of rotatable bonds is 11. The van der Waals surface area contributed by atoms with E-state index in [1.807, 2.05) is 0 Å². The number of hydrogen-bond acceptors (Lipinski definition) is 5. The molecule has 0 aromatic heterocycles. The molecule has 0 rings (SSSR count). The molecule has 0 heterocycles. The van der Waals surface area contributed by atoms with Crippen LogP contribution < -0.4 is 5.32 Å². The standard InChI is InChI=1S/C10H21NO5/c1-11-10(13)2-4-14-6-8-16-9-7-15-5-3-12/h12H,2-9H2,1H3,(H,11,13). The smallest absolute Gasteiger partial charge is 0.222 e. The Morgan fingerprint density at radius 3 is 2.00 bits per heavy atom. The van der Waals surface area contributed by atoms with E-state index in [-0.39, 0.29) is 12.5 Å². The van der Waals surface area contributed by atoms with Crippen LogP contribution in [0.5, 0.6) is 0 Å². The largest absolute Gasteiger partial charge is 0.394 e. The summed E-state index contributed by atoms with van der Waals surface area (Å²) >= 11 is 0. The van der Waals surface area contributed by atoms with Crippen molar-refractivity contribution in [2.75, 3.05) is 53.3 Å². The molecule has 0 spiro atoms. The lowest BCUT2D eigenvalue weighted by atomic mass is 10.4. The number of aliphatic hydroxyl groups excluding tert-OH is 1. The van der Waals surface area contributed by atoms with Gasteiger partial charge in [0.2, 0.25) is 5.91 Å². The lowest BCUT2D eigenvalue weighted by molar-refractivity contribution is -0.121. The minimum atomic E-state index is -0.0293. The highest BCUT2D eigenvalue weighted by molar-refractivity contribution is 5.75. The summed E-state index contributed by atoms with van der Waals surface area (Å²) in [6, 6.07) is 0. The summed E-state index contributed by atoms with van der Waals surface area (Å²) in [5.41, 5.74) is 0. The van der Waals surface area contributed by atoms with Crippen LogP contribution in [0.1, 0.15) is 6.42 Å². The first-order valence-electron chi connectivity index (χ1n) is 5.36. The van der Waals surface area contributed by atoms with Gasteiger partial charge in [0.1, 0.15) is 0 Å². The van der Waals surface area contributed by atoms with E-state index in [0.29, 0.717) is 46.1 Å². The Balaban J connectivity index is 2.96. The molecule has 0 aliphatic carbocycles. The first-order chi connectivity index (χ1) is 7.81. The van der Waals surface area contributed by atoms with Crippen LogP contribution in [0.25, 0.3) is 0 Å². The van der Waals surface area contributed by atoms with Crippen molar-refractivity contribution in [1.29, 1.82) is 0 Å². The van der Waals surface area contributed by atoms with Gasteiger partial charge in [0.05, 0.1) is 46.2 Å². The van der Waals surface area contributed by atoms with Gasteiger partial charge in [0, 0.05) is 13.5 Å². The summed E-state index contributed by atoms with van der Waals surface area (Å²) in [5, 5.41) is 10.9. The van der Waals surface area contributed by atoms with Crippen molar-refractivity contribution in [3.63, 3.8) is 0 Å². The molecule has 96 valence electrons. The lowest BCUT2D eigenvalue weighted by Gasteiger charge is -2.05. The molecular weight excluding hydrogens is 214 g/mol. The first kappa shape index (κ1) is 15.3. The van der Waals surface area contributed by atoms with E-state index in [1.54, 1.807) is 7.05 Å². The van der Waals surface area contributed by atoms with Crippen LogP contribution in [0.3, 0.4) is 0 Å². The normalized spacial score (nSPS) is 10.4. The highest BCUT2D eigenvalue weighted by Crippen LogP contribution is 1.84. The van der Waals surface area contributed by atoms with Crippen LogP contribution in [-0.4, -0.2) is 64.3 Å². The van der Waals surface area contributed by atoms with Crippen molar-refractivity contribution < 1.29 is 24.1 Å². The monoisotopic (exact) mass is 235 g/mol. The molecule has 0 aliphatic heterocycles. The Morgan fingerprint density at radius 2 is 1.50 bits per heavy atom. The minimum absolute atomic E-state index is 0.0293. The molecule has 0 atom stereocenters. The quantitative estimate of drug-likeness (QED) is 0.457. The number of amides is 1. The molecule has 0 aromatic rings. The predicted octanol–water partition coefficient (Wildman–Crippen LogP) is -0.835. The van der Waals surface area contributed by atoms with Gasteiger partial charge < -0.3 is 24.6 Å². The minimum Gasteiger partial charge on any atom is -0.394 e. The zero-order valence-electron chi connectivity index (χ0n) is 9.74. The highest BCUT2D eigenvalue weighted by Gasteiger charge is 1.96. The number of aliphatic hydroxyl groups is 1. The summed E-state index contributed by atoms with van der Waals surface area (Å²) < 4.78 is 15.3. The topological polar surface area (TPSA) is 77.0 Å². The maximum atomic E-state index is 10.8. The zero-order valence-corrected chi connectivity index (χ0v) is 9.74. The summed E-state index contributed by atoms with van der Waals surface area (Å²) in [5.74, 6) is -0.0293. The van der Waals surface area contributed by atoms with Gasteiger partial charge in [0.15, 0.2) is 0 Å². The Kier molecular flexibility index (Phi) is 11.8. The predicted molar refractivity (Wildman–Crippen MR) is 58.2 cm³/mol. The number of hydrogen-bond donors (Lipinski definition) is 2. The molecule has 0 fully saturated rings. The van der Waals surface area contributed by atoms with Crippen LogP contribution in [0.15, 0.2) is 0 Å². The summed E-state index contributed by atoms with van der Waals surface area (Å²) in [4.78, 5) is 10.8. The summed E-state index contributed by atoms with van der Waals surface area (Å²) in [6.07, 6.45) is 0.371. The number of carbonyl (C=O) groups excluding carboxylic acids is 1. The maximum Gasteiger partial charge on any atom is 0.222 e. The zero-order chi connectivity index (χ0) is 12.1. The van der Waals surface area contributed by atoms with Crippen molar-refractivity contribution in [3.8, 4) is 0 Å². The van der Waals surface area contributed by atoms with Crippen LogP contribution >= 0.6 is 0 Å². The van der Waals surface area contributed by atoms with Gasteiger partial charge in [0.25, 0.3) is 0 Å². The molecule has 0 saturated heterocycles. The van der Waals surface area contributed by atoms with E-state index in [1.165, 1.54) is 0 Å². The molecule has 0 aromatic carbocycles. The van der Waals surface area contributed by atoms with Gasteiger partial charge in [-0.05, 0) is 0 Å². The van der Waals surface area contributed by atoms with E-state index in [9.17, 15) is 4.79 Å². The van der Waals surface area contributed by atoms with Crippen molar-refractivity contribution in [3.05, 3.63) is 0 Å². The van der Waals surface area contributed by atoms with Gasteiger partial charge in [-0.1, -0.05) is 0 Å². The van der Waals surface area contributed by atoms with Crippen molar-refractivity contribution >= 4 is 5.91 Å². The Labute approximate surface area is 95.9 Å². The van der Waals surface area contributed by atoms with Crippen LogP contribution in [0, 0.1) is 0 Å². The second-order valence-electron chi connectivity index (χ2n) is 2.98. The van der Waals surface area contributed by atoms with E-state index >= 15 is 0 Å². The second kappa shape index (κ2) is 12.4. The van der Waals surface area contributed by atoms with Gasteiger partial charge in [-0.25, -0.2) is 0 Å². The van der Waals surface area contributed by atoms with Gasteiger partial charge in [-0.15, -0.1) is 0 Å². The molecular formula is C10H21NO5. The fourth-order valence-corrected chi connectivity index (χ4v) is 0.896. The Bertz CT molecular complexity index is 165. The average molecular weight is 235 g/mol. The molecule has 0 saturated carbocycles. The fourth-order valence-electron chi connectivity index (χ4n) is 0.896. The van der Waals surface area contributed by atoms with Crippen LogP contribution in [0.4, 0.5) is 0 Å². The molecule has 6 nitrogen and oxygen atoms in total. The fraction of sp³-hybridized carbons (Fsp3) is 0.900. The van der Waals surface area contributed by atoms with Gasteiger partial charge >= 0.3 is 0 Å². The Hall–Kier alpha value is -0.690. The van der Waals surface area contributed by atoms with Crippen molar-refractivity contribution in [1.82, 2.24) is 5.32 Å². The molecule has 0 bridgehead atoms. The molecule has 6 heteroatoms. The Morgan fingerprint density at radius 1 is 1.00 bits per heavy atom. The maximum absolute atomic E-state index is 10.8. The van der Waals surface area contributed by atoms with Gasteiger partial charge in [-0.3, -0.25) is 4.79 Å². The first-order valence-corrected chi connectivity index (χ1v) is 5.36. The van der Waals surface area contributed by atoms with E-state index < -0.39 is 0 Å². The van der Waals surface area contributed by atoms with E-state index in [2.05, 4.69) is 5.32 Å². The van der Waals surface area contributed by atoms with Crippen LogP contribution in [0.2, 0.25) is 0 Å². The molecule has 2 N–H and O–H groups in total. The SMILES string of the molecule is CNC(=O)CCOCCOCCOCCO. The third-order valence-electron chi connectivity index (χ3n) is 1.73. The molecule has 0 aliphatic rings. The molecule has 16 heavy (non-hydrogen) atoms. The lowest BCUT2D eigenvalue weighted by Crippen LogP contribution is -2.20. The number of ether oxygens (including phenoxy) is 3. The molecule has 0 radical (unpaired) electrons. The number of carbonyl (C=O) groups is 1. The third kappa shape index (κ3) is 11.4. The van der Waals surface area contributed by atoms with Crippen molar-refractivity contribution in [2.24, 2.45) is 0 Å². The van der Waals surface area contributed by atoms with Crippen LogP contribution in [-0.2, 0) is 19.0 Å².